The van der Waals surface area contributed by atoms with Gasteiger partial charge in [0.2, 0.25) is 0 Å². The first-order valence-electron chi connectivity index (χ1n) is 7.39. The van der Waals surface area contributed by atoms with Crippen LogP contribution in [0.4, 0.5) is 5.69 Å². The van der Waals surface area contributed by atoms with Gasteiger partial charge in [-0.25, -0.2) is 0 Å². The molecule has 0 fully saturated rings. The molecule has 0 aliphatic rings. The number of nitrogens with zero attached hydrogens (tertiary/aromatic N) is 1. The zero-order valence-electron chi connectivity index (χ0n) is 12.8. The van der Waals surface area contributed by atoms with E-state index in [4.69, 9.17) is 5.73 Å². The van der Waals surface area contributed by atoms with Crippen LogP contribution < -0.4 is 16.0 Å². The molecule has 3 heteroatoms. The molecule has 3 N–H and O–H groups in total. The van der Waals surface area contributed by atoms with E-state index in [0.29, 0.717) is 6.04 Å². The first-order valence-corrected chi connectivity index (χ1v) is 7.39. The molecule has 1 aromatic carbocycles. The molecule has 0 amide bonds. The number of nitrogens with two attached hydrogens (primary N) is 1. The van der Waals surface area contributed by atoms with Gasteiger partial charge in [0.05, 0.1) is 0 Å². The molecule has 0 saturated carbocycles. The molecule has 0 aliphatic carbocycles. The van der Waals surface area contributed by atoms with E-state index < -0.39 is 0 Å². The number of hydrogen-bond donors (Lipinski definition) is 2. The Labute approximate surface area is 118 Å². The Balaban J connectivity index is 2.52. The third kappa shape index (κ3) is 5.62. The van der Waals surface area contributed by atoms with Crippen molar-refractivity contribution in [2.45, 2.75) is 46.2 Å². The minimum Gasteiger partial charge on any atom is -0.372 e. The molecule has 108 valence electrons. The van der Waals surface area contributed by atoms with E-state index >= 15 is 0 Å². The third-order valence-electron chi connectivity index (χ3n) is 3.40. The van der Waals surface area contributed by atoms with Gasteiger partial charge in [-0.05, 0) is 51.8 Å². The number of rotatable bonds is 8. The van der Waals surface area contributed by atoms with Crippen molar-refractivity contribution in [3.63, 3.8) is 0 Å². The smallest absolute Gasteiger partial charge is 0.0366 e. The number of hydrogen-bond acceptors (Lipinski definition) is 3. The van der Waals surface area contributed by atoms with Crippen molar-refractivity contribution in [1.29, 1.82) is 0 Å². The molecule has 0 aromatic heterocycles. The fourth-order valence-corrected chi connectivity index (χ4v) is 2.24. The number of nitrogens with one attached hydrogen (secondary N) is 1. The molecule has 19 heavy (non-hydrogen) atoms. The lowest BCUT2D eigenvalue weighted by Gasteiger charge is -2.21. The van der Waals surface area contributed by atoms with Gasteiger partial charge in [-0.2, -0.15) is 0 Å². The fourth-order valence-electron chi connectivity index (χ4n) is 2.24. The highest BCUT2D eigenvalue weighted by Gasteiger charge is 2.05. The second-order valence-electron chi connectivity index (χ2n) is 5.33. The maximum absolute atomic E-state index is 5.75. The van der Waals surface area contributed by atoms with Crippen LogP contribution in [-0.4, -0.2) is 31.7 Å². The number of benzene rings is 1. The van der Waals surface area contributed by atoms with Gasteiger partial charge in [-0.3, -0.25) is 0 Å². The Morgan fingerprint density at radius 2 is 1.68 bits per heavy atom. The summed E-state index contributed by atoms with van der Waals surface area (Å²) in [6.45, 7) is 11.6. The van der Waals surface area contributed by atoms with Crippen LogP contribution in [0.25, 0.3) is 0 Å². The van der Waals surface area contributed by atoms with E-state index in [1.54, 1.807) is 0 Å². The van der Waals surface area contributed by atoms with Crippen molar-refractivity contribution >= 4 is 5.69 Å². The van der Waals surface area contributed by atoms with Gasteiger partial charge >= 0.3 is 0 Å². The average Bonchev–Trinajstić information content (AvgIpc) is 2.40. The molecule has 0 spiro atoms. The highest BCUT2D eigenvalue weighted by atomic mass is 15.1. The van der Waals surface area contributed by atoms with E-state index in [0.717, 1.165) is 26.1 Å². The van der Waals surface area contributed by atoms with Crippen molar-refractivity contribution in [2.24, 2.45) is 5.73 Å². The molecular formula is C16H29N3. The molecule has 1 rings (SSSR count). The van der Waals surface area contributed by atoms with Crippen LogP contribution in [0.1, 0.15) is 33.3 Å². The number of anilines is 1. The highest BCUT2D eigenvalue weighted by molar-refractivity contribution is 5.47. The summed E-state index contributed by atoms with van der Waals surface area (Å²) >= 11 is 0. The minimum atomic E-state index is 0.215. The van der Waals surface area contributed by atoms with Gasteiger partial charge in [0.1, 0.15) is 0 Å². The van der Waals surface area contributed by atoms with E-state index in [-0.39, 0.29) is 6.04 Å². The largest absolute Gasteiger partial charge is 0.372 e. The van der Waals surface area contributed by atoms with Crippen molar-refractivity contribution < 1.29 is 0 Å². The van der Waals surface area contributed by atoms with Crippen LogP contribution in [0, 0.1) is 0 Å². The molecule has 0 heterocycles. The summed E-state index contributed by atoms with van der Waals surface area (Å²) in [5, 5.41) is 3.45. The monoisotopic (exact) mass is 263 g/mol. The van der Waals surface area contributed by atoms with E-state index in [1.807, 2.05) is 6.92 Å². The van der Waals surface area contributed by atoms with Crippen molar-refractivity contribution in [3.8, 4) is 0 Å². The molecular weight excluding hydrogens is 234 g/mol. The molecule has 2 atom stereocenters. The van der Waals surface area contributed by atoms with Gasteiger partial charge in [-0.1, -0.05) is 12.1 Å². The first-order chi connectivity index (χ1) is 9.06. The van der Waals surface area contributed by atoms with Gasteiger partial charge in [-0.15, -0.1) is 0 Å². The van der Waals surface area contributed by atoms with E-state index in [2.05, 4.69) is 55.3 Å². The zero-order chi connectivity index (χ0) is 14.3. The minimum absolute atomic E-state index is 0.215. The van der Waals surface area contributed by atoms with Crippen molar-refractivity contribution in [1.82, 2.24) is 5.32 Å². The Morgan fingerprint density at radius 1 is 1.11 bits per heavy atom. The standard InChI is InChI=1S/C16H29N3/c1-5-19(6-2)16-9-7-15(8-10-16)11-14(4)18-12-13(3)17/h7-10,13-14,18H,5-6,11-12,17H2,1-4H3. The topological polar surface area (TPSA) is 41.3 Å². The van der Waals surface area contributed by atoms with Gasteiger partial charge in [0.25, 0.3) is 0 Å². The summed E-state index contributed by atoms with van der Waals surface area (Å²) in [5.41, 5.74) is 8.44. The Bertz CT molecular complexity index is 342. The zero-order valence-corrected chi connectivity index (χ0v) is 12.8. The average molecular weight is 263 g/mol. The molecule has 3 nitrogen and oxygen atoms in total. The quantitative estimate of drug-likeness (QED) is 0.757. The van der Waals surface area contributed by atoms with Crippen LogP contribution in [0.2, 0.25) is 0 Å². The lowest BCUT2D eigenvalue weighted by Crippen LogP contribution is -2.37. The van der Waals surface area contributed by atoms with Crippen LogP contribution in [0.5, 0.6) is 0 Å². The predicted octanol–water partition coefficient (Wildman–Crippen LogP) is 2.40. The third-order valence-corrected chi connectivity index (χ3v) is 3.40. The summed E-state index contributed by atoms with van der Waals surface area (Å²) in [7, 11) is 0. The van der Waals surface area contributed by atoms with E-state index in [1.165, 1.54) is 11.3 Å². The Morgan fingerprint density at radius 3 is 2.16 bits per heavy atom. The fraction of sp³-hybridized carbons (Fsp3) is 0.625. The first kappa shape index (κ1) is 16.0. The Hall–Kier alpha value is -1.06. The molecule has 0 radical (unpaired) electrons. The maximum Gasteiger partial charge on any atom is 0.0366 e. The second-order valence-corrected chi connectivity index (χ2v) is 5.33. The SMILES string of the molecule is CCN(CC)c1ccc(CC(C)NCC(C)N)cc1. The molecule has 2 unspecified atom stereocenters. The summed E-state index contributed by atoms with van der Waals surface area (Å²) in [6, 6.07) is 9.59. The molecule has 0 aliphatic heterocycles. The van der Waals surface area contributed by atoms with Crippen molar-refractivity contribution in [2.75, 3.05) is 24.5 Å². The maximum atomic E-state index is 5.75. The normalized spacial score (nSPS) is 14.2. The van der Waals surface area contributed by atoms with Gasteiger partial charge in [0.15, 0.2) is 0 Å². The summed E-state index contributed by atoms with van der Waals surface area (Å²) < 4.78 is 0. The van der Waals surface area contributed by atoms with E-state index in [9.17, 15) is 0 Å². The highest BCUT2D eigenvalue weighted by Crippen LogP contribution is 2.15. The van der Waals surface area contributed by atoms with Crippen LogP contribution >= 0.6 is 0 Å². The van der Waals surface area contributed by atoms with Crippen LogP contribution in [0.15, 0.2) is 24.3 Å². The van der Waals surface area contributed by atoms with Crippen LogP contribution in [-0.2, 0) is 6.42 Å². The molecule has 1 aromatic rings. The molecule has 0 saturated heterocycles. The lowest BCUT2D eigenvalue weighted by molar-refractivity contribution is 0.514. The second kappa shape index (κ2) is 8.18. The van der Waals surface area contributed by atoms with Crippen molar-refractivity contribution in [3.05, 3.63) is 29.8 Å². The molecule has 0 bridgehead atoms. The van der Waals surface area contributed by atoms with Crippen LogP contribution in [0.3, 0.4) is 0 Å². The predicted molar refractivity (Wildman–Crippen MR) is 84.8 cm³/mol. The summed E-state index contributed by atoms with van der Waals surface area (Å²) in [4.78, 5) is 2.36. The summed E-state index contributed by atoms with van der Waals surface area (Å²) in [6.07, 6.45) is 1.05. The Kier molecular flexibility index (Phi) is 6.89. The van der Waals surface area contributed by atoms with Gasteiger partial charge in [0, 0.05) is 37.4 Å². The van der Waals surface area contributed by atoms with Gasteiger partial charge < -0.3 is 16.0 Å². The summed E-state index contributed by atoms with van der Waals surface area (Å²) in [5.74, 6) is 0. The lowest BCUT2D eigenvalue weighted by atomic mass is 10.1.